The highest BCUT2D eigenvalue weighted by Crippen LogP contribution is 2.48. The maximum absolute atomic E-state index is 12.6. The third-order valence-corrected chi connectivity index (χ3v) is 3.82. The minimum absolute atomic E-state index is 0.0139. The standard InChI is InChI=1S/C16H20O4/c1-15(2,3)19-12-9-16(18-4)11-8-6-5-7-10(11)13(17)14(12)20-16/h5-8,12,14H,9H2,1-4H3/t12-,14+,16-/m0/s1. The Morgan fingerprint density at radius 3 is 2.65 bits per heavy atom. The summed E-state index contributed by atoms with van der Waals surface area (Å²) in [4.78, 5) is 12.6. The maximum atomic E-state index is 12.6. The van der Waals surface area contributed by atoms with Crippen molar-refractivity contribution < 1.29 is 19.0 Å². The number of benzene rings is 1. The van der Waals surface area contributed by atoms with Crippen molar-refractivity contribution in [3.63, 3.8) is 0 Å². The van der Waals surface area contributed by atoms with E-state index >= 15 is 0 Å². The molecule has 0 saturated carbocycles. The molecule has 108 valence electrons. The summed E-state index contributed by atoms with van der Waals surface area (Å²) in [5.74, 6) is -0.870. The molecule has 4 heteroatoms. The summed E-state index contributed by atoms with van der Waals surface area (Å²) in [7, 11) is 1.61. The molecule has 0 aliphatic carbocycles. The van der Waals surface area contributed by atoms with E-state index in [1.54, 1.807) is 7.11 Å². The fourth-order valence-electron chi connectivity index (χ4n) is 3.08. The molecule has 3 atom stereocenters. The van der Waals surface area contributed by atoms with Crippen molar-refractivity contribution in [2.75, 3.05) is 7.11 Å². The number of ketones is 1. The smallest absolute Gasteiger partial charge is 0.198 e. The number of ether oxygens (including phenoxy) is 3. The van der Waals surface area contributed by atoms with Crippen LogP contribution in [0.25, 0.3) is 0 Å². The van der Waals surface area contributed by atoms with E-state index in [9.17, 15) is 4.79 Å². The van der Waals surface area contributed by atoms with Gasteiger partial charge >= 0.3 is 0 Å². The minimum Gasteiger partial charge on any atom is -0.369 e. The Morgan fingerprint density at radius 1 is 1.30 bits per heavy atom. The van der Waals surface area contributed by atoms with Crippen molar-refractivity contribution in [3.8, 4) is 0 Å². The van der Waals surface area contributed by atoms with Crippen molar-refractivity contribution in [3.05, 3.63) is 35.4 Å². The van der Waals surface area contributed by atoms with Crippen LogP contribution in [-0.2, 0) is 20.0 Å². The molecule has 1 aromatic carbocycles. The zero-order chi connectivity index (χ0) is 14.5. The average molecular weight is 276 g/mol. The Kier molecular flexibility index (Phi) is 3.01. The topological polar surface area (TPSA) is 44.8 Å². The Bertz CT molecular complexity index is 546. The van der Waals surface area contributed by atoms with E-state index in [4.69, 9.17) is 14.2 Å². The van der Waals surface area contributed by atoms with Gasteiger partial charge in [0.2, 0.25) is 0 Å². The second-order valence-corrected chi connectivity index (χ2v) is 6.38. The summed E-state index contributed by atoms with van der Waals surface area (Å²) in [6.07, 6.45) is -0.326. The summed E-state index contributed by atoms with van der Waals surface area (Å²) >= 11 is 0. The van der Waals surface area contributed by atoms with Crippen molar-refractivity contribution in [2.24, 2.45) is 0 Å². The second-order valence-electron chi connectivity index (χ2n) is 6.38. The molecular formula is C16H20O4. The molecule has 0 amide bonds. The highest BCUT2D eigenvalue weighted by molar-refractivity contribution is 6.02. The molecule has 0 radical (unpaired) electrons. The lowest BCUT2D eigenvalue weighted by atomic mass is 9.95. The van der Waals surface area contributed by atoms with Crippen LogP contribution in [0.15, 0.2) is 24.3 Å². The number of methoxy groups -OCH3 is 1. The van der Waals surface area contributed by atoms with Crippen molar-refractivity contribution in [2.45, 2.75) is 50.8 Å². The Balaban J connectivity index is 2.03. The van der Waals surface area contributed by atoms with Gasteiger partial charge in [-0.25, -0.2) is 0 Å². The quantitative estimate of drug-likeness (QED) is 0.833. The highest BCUT2D eigenvalue weighted by atomic mass is 16.7. The van der Waals surface area contributed by atoms with Gasteiger partial charge in [0.1, 0.15) is 0 Å². The van der Waals surface area contributed by atoms with Gasteiger partial charge in [0.25, 0.3) is 0 Å². The normalized spacial score (nSPS) is 32.3. The van der Waals surface area contributed by atoms with Crippen LogP contribution in [0.2, 0.25) is 0 Å². The maximum Gasteiger partial charge on any atom is 0.198 e. The number of carbonyl (C=O) groups excluding carboxylic acids is 1. The zero-order valence-corrected chi connectivity index (χ0v) is 12.3. The first-order valence-corrected chi connectivity index (χ1v) is 6.91. The fraction of sp³-hybridized carbons (Fsp3) is 0.562. The van der Waals surface area contributed by atoms with E-state index in [1.807, 2.05) is 45.0 Å². The molecule has 1 saturated heterocycles. The lowest BCUT2D eigenvalue weighted by Crippen LogP contribution is -2.41. The summed E-state index contributed by atoms with van der Waals surface area (Å²) in [6.45, 7) is 5.94. The van der Waals surface area contributed by atoms with Crippen LogP contribution in [0.1, 0.15) is 43.1 Å². The van der Waals surface area contributed by atoms with E-state index in [2.05, 4.69) is 0 Å². The third-order valence-electron chi connectivity index (χ3n) is 3.82. The van der Waals surface area contributed by atoms with Gasteiger partial charge in [0, 0.05) is 24.7 Å². The molecule has 0 N–H and O–H groups in total. The lowest BCUT2D eigenvalue weighted by molar-refractivity contribution is -0.217. The largest absolute Gasteiger partial charge is 0.369 e. The van der Waals surface area contributed by atoms with Crippen LogP contribution in [-0.4, -0.2) is 30.7 Å². The van der Waals surface area contributed by atoms with E-state index in [1.165, 1.54) is 0 Å². The number of fused-ring (bicyclic) bond motifs is 4. The van der Waals surface area contributed by atoms with E-state index in [0.29, 0.717) is 12.0 Å². The van der Waals surface area contributed by atoms with Crippen LogP contribution in [0.4, 0.5) is 0 Å². The van der Waals surface area contributed by atoms with Gasteiger partial charge in [0.15, 0.2) is 17.7 Å². The molecule has 2 bridgehead atoms. The molecule has 0 aromatic heterocycles. The van der Waals surface area contributed by atoms with E-state index in [0.717, 1.165) is 5.56 Å². The lowest BCUT2D eigenvalue weighted by Gasteiger charge is -2.33. The highest BCUT2D eigenvalue weighted by Gasteiger charge is 2.57. The van der Waals surface area contributed by atoms with Gasteiger partial charge in [-0.3, -0.25) is 4.79 Å². The Hall–Kier alpha value is -1.23. The third kappa shape index (κ3) is 1.99. The van der Waals surface area contributed by atoms with Gasteiger partial charge in [-0.15, -0.1) is 0 Å². The summed E-state index contributed by atoms with van der Waals surface area (Å²) in [6, 6.07) is 7.49. The van der Waals surface area contributed by atoms with Gasteiger partial charge in [-0.1, -0.05) is 24.3 Å². The van der Waals surface area contributed by atoms with Crippen LogP contribution in [0.5, 0.6) is 0 Å². The van der Waals surface area contributed by atoms with Crippen molar-refractivity contribution >= 4 is 5.78 Å². The first kappa shape index (κ1) is 13.7. The first-order valence-electron chi connectivity index (χ1n) is 6.91. The summed E-state index contributed by atoms with van der Waals surface area (Å²) in [5.41, 5.74) is 1.17. The molecule has 0 unspecified atom stereocenters. The molecule has 2 aliphatic rings. The monoisotopic (exact) mass is 276 g/mol. The molecular weight excluding hydrogens is 256 g/mol. The van der Waals surface area contributed by atoms with E-state index in [-0.39, 0.29) is 17.5 Å². The molecule has 1 aromatic rings. The fourth-order valence-corrected chi connectivity index (χ4v) is 3.08. The van der Waals surface area contributed by atoms with Crippen LogP contribution >= 0.6 is 0 Å². The SMILES string of the molecule is CO[C@@]12C[C@H](OC(C)(C)C)[C@@H](O1)C(=O)c1ccccc12. The summed E-state index contributed by atoms with van der Waals surface area (Å²) < 4.78 is 17.6. The molecule has 2 aliphatic heterocycles. The molecule has 1 fully saturated rings. The van der Waals surface area contributed by atoms with E-state index < -0.39 is 11.9 Å². The Morgan fingerprint density at radius 2 is 2.00 bits per heavy atom. The summed E-state index contributed by atoms with van der Waals surface area (Å²) in [5, 5.41) is 0. The number of hydrogen-bond donors (Lipinski definition) is 0. The van der Waals surface area contributed by atoms with Gasteiger partial charge in [-0.2, -0.15) is 0 Å². The zero-order valence-electron chi connectivity index (χ0n) is 12.3. The molecule has 4 nitrogen and oxygen atoms in total. The van der Waals surface area contributed by atoms with Gasteiger partial charge in [0.05, 0.1) is 11.7 Å². The van der Waals surface area contributed by atoms with Crippen LogP contribution in [0.3, 0.4) is 0 Å². The number of carbonyl (C=O) groups is 1. The predicted octanol–water partition coefficient (Wildman–Crippen LogP) is 2.65. The van der Waals surface area contributed by atoms with Crippen LogP contribution < -0.4 is 0 Å². The molecule has 20 heavy (non-hydrogen) atoms. The first-order chi connectivity index (χ1) is 9.36. The molecule has 3 rings (SSSR count). The average Bonchev–Trinajstić information content (AvgIpc) is 2.72. The Labute approximate surface area is 119 Å². The minimum atomic E-state index is -0.856. The van der Waals surface area contributed by atoms with Crippen LogP contribution in [0, 0.1) is 0 Å². The van der Waals surface area contributed by atoms with Gasteiger partial charge < -0.3 is 14.2 Å². The number of Topliss-reactive ketones (excluding diaryl/α,β-unsaturated/α-hetero) is 1. The van der Waals surface area contributed by atoms with Crippen molar-refractivity contribution in [1.82, 2.24) is 0 Å². The molecule has 0 spiro atoms. The number of rotatable bonds is 2. The molecule has 2 heterocycles. The second kappa shape index (κ2) is 4.38. The van der Waals surface area contributed by atoms with Crippen molar-refractivity contribution in [1.29, 1.82) is 0 Å². The van der Waals surface area contributed by atoms with Gasteiger partial charge in [-0.05, 0) is 20.8 Å². The number of hydrogen-bond acceptors (Lipinski definition) is 4. The predicted molar refractivity (Wildman–Crippen MR) is 73.6 cm³/mol.